The molecule has 3 amide bonds. The van der Waals surface area contributed by atoms with Gasteiger partial charge in [0.05, 0.1) is 22.5 Å². The van der Waals surface area contributed by atoms with Crippen molar-refractivity contribution < 1.29 is 19.1 Å². The first-order valence-corrected chi connectivity index (χ1v) is 9.52. The van der Waals surface area contributed by atoms with Crippen molar-refractivity contribution in [3.63, 3.8) is 0 Å². The van der Waals surface area contributed by atoms with Gasteiger partial charge in [0.2, 0.25) is 5.91 Å². The highest BCUT2D eigenvalue weighted by Gasteiger charge is 2.36. The summed E-state index contributed by atoms with van der Waals surface area (Å²) in [5, 5.41) is 15.7. The molecular weight excluding hydrogens is 363 g/mol. The normalized spacial score (nSPS) is 15.8. The molecule has 1 saturated heterocycles. The third-order valence-electron chi connectivity index (χ3n) is 5.44. The van der Waals surface area contributed by atoms with Crippen molar-refractivity contribution >= 4 is 23.3 Å². The number of amides is 3. The lowest BCUT2D eigenvalue weighted by Gasteiger charge is -2.38. The van der Waals surface area contributed by atoms with E-state index in [1.165, 1.54) is 12.1 Å². The molecule has 1 fully saturated rings. The molecule has 156 valence electrons. The lowest BCUT2D eigenvalue weighted by molar-refractivity contribution is -0.128. The largest absolute Gasteiger partial charge is 0.388 e. The minimum atomic E-state index is -1.14. The number of nitrogens with one attached hydrogen (secondary N) is 2. The Hall–Kier alpha value is -2.35. The highest BCUT2D eigenvalue weighted by atomic mass is 19.1. The number of carbonyl (C=O) groups is 2. The Morgan fingerprint density at radius 1 is 1.11 bits per heavy atom. The number of halogens is 1. The Bertz CT molecular complexity index is 731. The first-order valence-electron chi connectivity index (χ1n) is 9.52. The highest BCUT2D eigenvalue weighted by Crippen LogP contribution is 2.28. The van der Waals surface area contributed by atoms with Crippen LogP contribution in [0.2, 0.25) is 0 Å². The van der Waals surface area contributed by atoms with Crippen molar-refractivity contribution in [2.75, 3.05) is 36.4 Å². The van der Waals surface area contributed by atoms with Crippen LogP contribution in [0.3, 0.4) is 0 Å². The van der Waals surface area contributed by atoms with Crippen LogP contribution in [0.15, 0.2) is 18.2 Å². The van der Waals surface area contributed by atoms with Gasteiger partial charge in [0.15, 0.2) is 0 Å². The maximum Gasteiger partial charge on any atom is 0.319 e. The summed E-state index contributed by atoms with van der Waals surface area (Å²) < 4.78 is 13.9. The van der Waals surface area contributed by atoms with Crippen LogP contribution in [0.5, 0.6) is 0 Å². The summed E-state index contributed by atoms with van der Waals surface area (Å²) in [7, 11) is 0. The number of benzene rings is 1. The van der Waals surface area contributed by atoms with Crippen molar-refractivity contribution in [1.29, 1.82) is 0 Å². The summed E-state index contributed by atoms with van der Waals surface area (Å²) in [5.41, 5.74) is -0.992. The Balaban J connectivity index is 2.18. The molecule has 7 nitrogen and oxygen atoms in total. The first kappa shape index (κ1) is 21.9. The molecule has 0 saturated carbocycles. The predicted molar refractivity (Wildman–Crippen MR) is 108 cm³/mol. The molecule has 28 heavy (non-hydrogen) atoms. The zero-order chi connectivity index (χ0) is 21.1. The summed E-state index contributed by atoms with van der Waals surface area (Å²) in [6.45, 7) is 10.7. The van der Waals surface area contributed by atoms with Crippen molar-refractivity contribution in [3.8, 4) is 0 Å². The SMILES string of the molecule is CC(=O)N1CCCN(c2ccc(F)cc2NC(=O)NC(C)(C)C(C)(C)O)CC1. The second-order valence-electron chi connectivity index (χ2n) is 8.27. The second-order valence-corrected chi connectivity index (χ2v) is 8.27. The molecule has 0 spiro atoms. The van der Waals surface area contributed by atoms with Gasteiger partial charge in [0.1, 0.15) is 5.82 Å². The highest BCUT2D eigenvalue weighted by molar-refractivity contribution is 5.93. The van der Waals surface area contributed by atoms with Gasteiger partial charge in [-0.1, -0.05) is 0 Å². The molecule has 8 heteroatoms. The fourth-order valence-corrected chi connectivity index (χ4v) is 2.95. The topological polar surface area (TPSA) is 84.9 Å². The zero-order valence-electron chi connectivity index (χ0n) is 17.3. The van der Waals surface area contributed by atoms with Crippen molar-refractivity contribution in [2.24, 2.45) is 0 Å². The molecule has 0 aliphatic carbocycles. The lowest BCUT2D eigenvalue weighted by Crippen LogP contribution is -2.58. The number of hydrogen-bond donors (Lipinski definition) is 3. The van der Waals surface area contributed by atoms with Crippen LogP contribution in [-0.2, 0) is 4.79 Å². The van der Waals surface area contributed by atoms with E-state index in [4.69, 9.17) is 0 Å². The van der Waals surface area contributed by atoms with Gasteiger partial charge in [-0.15, -0.1) is 0 Å². The molecule has 0 bridgehead atoms. The molecule has 2 rings (SSSR count). The van der Waals surface area contributed by atoms with E-state index in [2.05, 4.69) is 10.6 Å². The molecule has 3 N–H and O–H groups in total. The fraction of sp³-hybridized carbons (Fsp3) is 0.600. The predicted octanol–water partition coefficient (Wildman–Crippen LogP) is 2.56. The van der Waals surface area contributed by atoms with E-state index >= 15 is 0 Å². The van der Waals surface area contributed by atoms with Gasteiger partial charge < -0.3 is 25.5 Å². The van der Waals surface area contributed by atoms with Gasteiger partial charge in [-0.05, 0) is 52.3 Å². The summed E-state index contributed by atoms with van der Waals surface area (Å²) in [6, 6.07) is 3.74. The summed E-state index contributed by atoms with van der Waals surface area (Å²) in [6.07, 6.45) is 0.786. The van der Waals surface area contributed by atoms with Gasteiger partial charge in [0.25, 0.3) is 0 Å². The second kappa shape index (κ2) is 8.34. The Morgan fingerprint density at radius 3 is 2.39 bits per heavy atom. The Kier molecular flexibility index (Phi) is 6.54. The summed E-state index contributed by atoms with van der Waals surface area (Å²) in [4.78, 5) is 28.0. The number of aliphatic hydroxyl groups is 1. The van der Waals surface area contributed by atoms with Crippen LogP contribution in [-0.4, -0.2) is 59.3 Å². The number of nitrogens with zero attached hydrogens (tertiary/aromatic N) is 2. The van der Waals surface area contributed by atoms with E-state index in [1.54, 1.807) is 45.6 Å². The summed E-state index contributed by atoms with van der Waals surface area (Å²) >= 11 is 0. The van der Waals surface area contributed by atoms with Gasteiger partial charge >= 0.3 is 6.03 Å². The molecule has 1 aliphatic heterocycles. The van der Waals surface area contributed by atoms with Crippen molar-refractivity contribution in [3.05, 3.63) is 24.0 Å². The number of carbonyl (C=O) groups excluding carboxylic acids is 2. The van der Waals surface area contributed by atoms with E-state index in [0.717, 1.165) is 6.42 Å². The van der Waals surface area contributed by atoms with E-state index in [0.29, 0.717) is 37.6 Å². The number of urea groups is 1. The Morgan fingerprint density at radius 2 is 1.79 bits per heavy atom. The van der Waals surface area contributed by atoms with Crippen molar-refractivity contribution in [2.45, 2.75) is 52.2 Å². The van der Waals surface area contributed by atoms with Gasteiger partial charge in [0, 0.05) is 33.1 Å². The summed E-state index contributed by atoms with van der Waals surface area (Å²) in [5.74, 6) is -0.423. The standard InChI is InChI=1S/C20H31FN4O3/c1-14(26)24-9-6-10-25(12-11-24)17-8-7-15(21)13-16(17)22-18(27)23-19(2,3)20(4,5)28/h7-8,13,28H,6,9-12H2,1-5H3,(H2,22,23,27). The number of rotatable bonds is 4. The first-order chi connectivity index (χ1) is 12.9. The van der Waals surface area contributed by atoms with E-state index < -0.39 is 23.0 Å². The molecule has 0 atom stereocenters. The van der Waals surface area contributed by atoms with Crippen LogP contribution in [0.1, 0.15) is 41.0 Å². The van der Waals surface area contributed by atoms with E-state index in [9.17, 15) is 19.1 Å². The lowest BCUT2D eigenvalue weighted by atomic mass is 9.86. The molecule has 1 heterocycles. The minimum Gasteiger partial charge on any atom is -0.388 e. The molecule has 1 aliphatic rings. The quantitative estimate of drug-likeness (QED) is 0.733. The van der Waals surface area contributed by atoms with Crippen molar-refractivity contribution in [1.82, 2.24) is 10.2 Å². The molecule has 1 aromatic rings. The van der Waals surface area contributed by atoms with E-state index in [-0.39, 0.29) is 5.91 Å². The fourth-order valence-electron chi connectivity index (χ4n) is 2.95. The molecule has 0 unspecified atom stereocenters. The molecular formula is C20H31FN4O3. The zero-order valence-corrected chi connectivity index (χ0v) is 17.3. The van der Waals surface area contributed by atoms with Crippen LogP contribution < -0.4 is 15.5 Å². The third-order valence-corrected chi connectivity index (χ3v) is 5.44. The average Bonchev–Trinajstić information content (AvgIpc) is 2.79. The smallest absolute Gasteiger partial charge is 0.319 e. The van der Waals surface area contributed by atoms with E-state index in [1.807, 2.05) is 4.90 Å². The van der Waals surface area contributed by atoms with Gasteiger partial charge in [-0.2, -0.15) is 0 Å². The van der Waals surface area contributed by atoms with Crippen LogP contribution in [0.4, 0.5) is 20.6 Å². The molecule has 1 aromatic carbocycles. The third kappa shape index (κ3) is 5.34. The van der Waals surface area contributed by atoms with Gasteiger partial charge in [-0.3, -0.25) is 4.79 Å². The molecule has 0 aromatic heterocycles. The van der Waals surface area contributed by atoms with Gasteiger partial charge in [-0.25, -0.2) is 9.18 Å². The number of anilines is 2. The monoisotopic (exact) mass is 394 g/mol. The van der Waals surface area contributed by atoms with Crippen LogP contribution >= 0.6 is 0 Å². The minimum absolute atomic E-state index is 0.0348. The Labute approximate surface area is 165 Å². The maximum atomic E-state index is 13.9. The number of hydrogen-bond acceptors (Lipinski definition) is 4. The van der Waals surface area contributed by atoms with Crippen LogP contribution in [0, 0.1) is 5.82 Å². The van der Waals surface area contributed by atoms with Crippen LogP contribution in [0.25, 0.3) is 0 Å². The maximum absolute atomic E-state index is 13.9. The molecule has 0 radical (unpaired) electrons. The average molecular weight is 394 g/mol.